The number of carboxylic acid groups (broad SMARTS) is 1. The van der Waals surface area contributed by atoms with E-state index in [2.05, 4.69) is 0 Å². The first-order valence-electron chi connectivity index (χ1n) is 6.77. The molecule has 1 amide bonds. The lowest BCUT2D eigenvalue weighted by molar-refractivity contribution is -0.311. The second-order valence-electron chi connectivity index (χ2n) is 4.90. The predicted octanol–water partition coefficient (Wildman–Crippen LogP) is -0.156. The molecule has 5 heteroatoms. The van der Waals surface area contributed by atoms with Crippen LogP contribution >= 0.6 is 0 Å². The summed E-state index contributed by atoms with van der Waals surface area (Å²) >= 11 is 0. The smallest absolute Gasteiger partial charge is 0.223 e. The van der Waals surface area contributed by atoms with E-state index in [0.29, 0.717) is 32.7 Å². The summed E-state index contributed by atoms with van der Waals surface area (Å²) in [4.78, 5) is 25.0. The Balaban J connectivity index is 1.95. The van der Waals surface area contributed by atoms with E-state index < -0.39 is 11.9 Å². The molecule has 0 saturated carbocycles. The fourth-order valence-electron chi connectivity index (χ4n) is 2.29. The van der Waals surface area contributed by atoms with Crippen molar-refractivity contribution >= 4 is 11.9 Å². The monoisotopic (exact) mass is 276 g/mol. The van der Waals surface area contributed by atoms with Gasteiger partial charge >= 0.3 is 0 Å². The summed E-state index contributed by atoms with van der Waals surface area (Å²) in [5.74, 6) is -2.10. The summed E-state index contributed by atoms with van der Waals surface area (Å²) in [5, 5.41) is 11.2. The number of benzene rings is 1. The minimum Gasteiger partial charge on any atom is -0.550 e. The Hall–Kier alpha value is -1.88. The highest BCUT2D eigenvalue weighted by Crippen LogP contribution is 2.14. The number of nitrogens with zero attached hydrogens (tertiary/aromatic N) is 1. The van der Waals surface area contributed by atoms with Gasteiger partial charge in [-0.1, -0.05) is 30.3 Å². The first-order valence-corrected chi connectivity index (χ1v) is 6.77. The van der Waals surface area contributed by atoms with Gasteiger partial charge in [0.15, 0.2) is 0 Å². The molecule has 108 valence electrons. The van der Waals surface area contributed by atoms with Gasteiger partial charge < -0.3 is 19.5 Å². The number of morpholine rings is 1. The van der Waals surface area contributed by atoms with Crippen molar-refractivity contribution in [1.82, 2.24) is 4.90 Å². The molecule has 0 aromatic heterocycles. The van der Waals surface area contributed by atoms with E-state index in [1.165, 1.54) is 0 Å². The molecule has 1 fully saturated rings. The summed E-state index contributed by atoms with van der Waals surface area (Å²) in [5.41, 5.74) is 0.900. The lowest BCUT2D eigenvalue weighted by Crippen LogP contribution is -2.43. The molecule has 1 saturated heterocycles. The minimum absolute atomic E-state index is 0.0166. The van der Waals surface area contributed by atoms with Crippen LogP contribution in [0, 0.1) is 5.92 Å². The molecule has 0 N–H and O–H groups in total. The van der Waals surface area contributed by atoms with Gasteiger partial charge in [-0.15, -0.1) is 0 Å². The molecule has 0 radical (unpaired) electrons. The van der Waals surface area contributed by atoms with Gasteiger partial charge in [0.2, 0.25) is 5.91 Å². The Morgan fingerprint density at radius 2 is 1.85 bits per heavy atom. The van der Waals surface area contributed by atoms with Crippen LogP contribution in [0.3, 0.4) is 0 Å². The summed E-state index contributed by atoms with van der Waals surface area (Å²) in [6.45, 7) is 2.09. The van der Waals surface area contributed by atoms with Crippen molar-refractivity contribution in [3.05, 3.63) is 35.9 Å². The zero-order valence-corrected chi connectivity index (χ0v) is 11.3. The van der Waals surface area contributed by atoms with E-state index in [1.807, 2.05) is 30.3 Å². The second-order valence-corrected chi connectivity index (χ2v) is 4.90. The Morgan fingerprint density at radius 3 is 2.45 bits per heavy atom. The topological polar surface area (TPSA) is 69.7 Å². The van der Waals surface area contributed by atoms with Crippen molar-refractivity contribution in [3.63, 3.8) is 0 Å². The standard InChI is InChI=1S/C15H19NO4/c17-14(16-6-8-20-9-7-16)11-13(15(18)19)10-12-4-2-1-3-5-12/h1-5,13H,6-11H2,(H,18,19)/p-1. The predicted molar refractivity (Wildman–Crippen MR) is 70.7 cm³/mol. The number of carbonyl (C=O) groups excluding carboxylic acids is 2. The zero-order chi connectivity index (χ0) is 14.4. The molecule has 0 aliphatic carbocycles. The summed E-state index contributed by atoms with van der Waals surface area (Å²) in [7, 11) is 0. The van der Waals surface area contributed by atoms with Gasteiger partial charge in [0.25, 0.3) is 0 Å². The molecule has 1 unspecified atom stereocenters. The van der Waals surface area contributed by atoms with Crippen LogP contribution in [-0.2, 0) is 20.7 Å². The largest absolute Gasteiger partial charge is 0.550 e. The molecule has 5 nitrogen and oxygen atoms in total. The van der Waals surface area contributed by atoms with Gasteiger partial charge in [-0.05, 0) is 12.0 Å². The fraction of sp³-hybridized carbons (Fsp3) is 0.467. The van der Waals surface area contributed by atoms with E-state index in [-0.39, 0.29) is 12.3 Å². The first kappa shape index (κ1) is 14.5. The average molecular weight is 276 g/mol. The zero-order valence-electron chi connectivity index (χ0n) is 11.3. The van der Waals surface area contributed by atoms with Gasteiger partial charge in [0.1, 0.15) is 0 Å². The normalized spacial score (nSPS) is 16.7. The molecule has 1 aromatic carbocycles. The number of amides is 1. The summed E-state index contributed by atoms with van der Waals surface area (Å²) < 4.78 is 5.18. The second kappa shape index (κ2) is 7.05. The molecule has 1 atom stereocenters. The third kappa shape index (κ3) is 4.06. The molecule has 0 bridgehead atoms. The Labute approximate surface area is 118 Å². The third-order valence-electron chi connectivity index (χ3n) is 3.44. The molecule has 1 aromatic rings. The summed E-state index contributed by atoms with van der Waals surface area (Å²) in [6.07, 6.45) is 0.302. The molecule has 0 spiro atoms. The number of aliphatic carboxylic acids is 1. The maximum Gasteiger partial charge on any atom is 0.223 e. The van der Waals surface area contributed by atoms with Gasteiger partial charge in [0.05, 0.1) is 13.2 Å². The maximum absolute atomic E-state index is 12.1. The van der Waals surface area contributed by atoms with Crippen molar-refractivity contribution in [2.45, 2.75) is 12.8 Å². The van der Waals surface area contributed by atoms with E-state index in [0.717, 1.165) is 5.56 Å². The molecule has 1 aliphatic rings. The van der Waals surface area contributed by atoms with Gasteiger partial charge in [0, 0.05) is 31.4 Å². The van der Waals surface area contributed by atoms with Crippen molar-refractivity contribution in [1.29, 1.82) is 0 Å². The number of hydrogen-bond acceptors (Lipinski definition) is 4. The number of hydrogen-bond donors (Lipinski definition) is 0. The van der Waals surface area contributed by atoms with Crippen molar-refractivity contribution < 1.29 is 19.4 Å². The highest BCUT2D eigenvalue weighted by atomic mass is 16.5. The van der Waals surface area contributed by atoms with Crippen LogP contribution in [-0.4, -0.2) is 43.1 Å². The first-order chi connectivity index (χ1) is 9.66. The average Bonchev–Trinajstić information content (AvgIpc) is 2.48. The van der Waals surface area contributed by atoms with Crippen LogP contribution < -0.4 is 5.11 Å². The Bertz CT molecular complexity index is 454. The lowest BCUT2D eigenvalue weighted by Gasteiger charge is -2.28. The van der Waals surface area contributed by atoms with Crippen molar-refractivity contribution in [2.75, 3.05) is 26.3 Å². The molecular weight excluding hydrogens is 258 g/mol. The van der Waals surface area contributed by atoms with Gasteiger partial charge in [-0.25, -0.2) is 0 Å². The minimum atomic E-state index is -1.17. The number of carboxylic acids is 1. The lowest BCUT2D eigenvalue weighted by atomic mass is 9.95. The molecule has 1 aliphatic heterocycles. The van der Waals surface area contributed by atoms with Crippen molar-refractivity contribution in [2.24, 2.45) is 5.92 Å². The fourth-order valence-corrected chi connectivity index (χ4v) is 2.29. The van der Waals surface area contributed by atoms with Crippen LogP contribution in [0.1, 0.15) is 12.0 Å². The van der Waals surface area contributed by atoms with Gasteiger partial charge in [-0.3, -0.25) is 4.79 Å². The van der Waals surface area contributed by atoms with Gasteiger partial charge in [-0.2, -0.15) is 0 Å². The summed E-state index contributed by atoms with van der Waals surface area (Å²) in [6, 6.07) is 9.29. The van der Waals surface area contributed by atoms with E-state index in [1.54, 1.807) is 4.90 Å². The maximum atomic E-state index is 12.1. The van der Waals surface area contributed by atoms with Crippen LogP contribution in [0.2, 0.25) is 0 Å². The highest BCUT2D eigenvalue weighted by Gasteiger charge is 2.22. The number of carbonyl (C=O) groups is 2. The molecule has 1 heterocycles. The molecular formula is C15H18NO4-. The third-order valence-corrected chi connectivity index (χ3v) is 3.44. The SMILES string of the molecule is O=C([O-])C(CC(=O)N1CCOCC1)Cc1ccccc1. The van der Waals surface area contributed by atoms with E-state index in [4.69, 9.17) is 4.74 Å². The van der Waals surface area contributed by atoms with E-state index >= 15 is 0 Å². The Kier molecular flexibility index (Phi) is 5.12. The van der Waals surface area contributed by atoms with Crippen molar-refractivity contribution in [3.8, 4) is 0 Å². The number of rotatable bonds is 5. The van der Waals surface area contributed by atoms with Crippen LogP contribution in [0.25, 0.3) is 0 Å². The molecule has 20 heavy (non-hydrogen) atoms. The van der Waals surface area contributed by atoms with Crippen LogP contribution in [0.4, 0.5) is 0 Å². The number of ether oxygens (including phenoxy) is 1. The van der Waals surface area contributed by atoms with Crippen LogP contribution in [0.15, 0.2) is 30.3 Å². The molecule has 2 rings (SSSR count). The van der Waals surface area contributed by atoms with E-state index in [9.17, 15) is 14.7 Å². The highest BCUT2D eigenvalue weighted by molar-refractivity contribution is 5.81. The quantitative estimate of drug-likeness (QED) is 0.749. The Morgan fingerprint density at radius 1 is 1.20 bits per heavy atom. The van der Waals surface area contributed by atoms with Crippen LogP contribution in [0.5, 0.6) is 0 Å².